The molecule has 4 saturated carbocycles. The average molecular weight is 437 g/mol. The molecule has 0 saturated heterocycles. The fourth-order valence-corrected chi connectivity index (χ4v) is 9.08. The van der Waals surface area contributed by atoms with Crippen molar-refractivity contribution in [1.29, 1.82) is 0 Å². The van der Waals surface area contributed by atoms with Crippen molar-refractivity contribution in [3.8, 4) is 0 Å². The second kappa shape index (κ2) is 8.61. The summed E-state index contributed by atoms with van der Waals surface area (Å²) in [5.41, 5.74) is -0.0439. The van der Waals surface area contributed by atoms with Crippen LogP contribution in [0.15, 0.2) is 0 Å². The smallest absolute Gasteiger partial charge is 0.303 e. The first kappa shape index (κ1) is 23.5. The largest absolute Gasteiger partial charge is 0.481 e. The molecule has 0 radical (unpaired) electrons. The van der Waals surface area contributed by atoms with E-state index in [1.807, 2.05) is 0 Å². The number of rotatable bonds is 6. The van der Waals surface area contributed by atoms with Gasteiger partial charge in [0, 0.05) is 6.42 Å². The van der Waals surface area contributed by atoms with Gasteiger partial charge in [-0.15, -0.1) is 0 Å². The number of carboxylic acid groups (broad SMARTS) is 1. The molecule has 0 amide bonds. The SMILES string of the molecule is C[C@H](CCCCC(=O)O)[C@H]1CC[C@H]2[C@@H]3[C@H](O)C[C@@H]4C[C@H](O)CC[C@]4(C)[C@H]3C[C@H](O)[C@]12C. The van der Waals surface area contributed by atoms with Crippen molar-refractivity contribution in [3.63, 3.8) is 0 Å². The molecule has 0 aliphatic heterocycles. The fraction of sp³-hybridized carbons (Fsp3) is 0.962. The topological polar surface area (TPSA) is 98.0 Å². The third kappa shape index (κ3) is 3.87. The Kier molecular flexibility index (Phi) is 6.53. The standard InChI is InChI=1S/C26H44O5/c1-15(6-4-5-7-23(30)31)18-8-9-19-24-20(14-22(29)26(18,19)3)25(2)11-10-17(27)12-16(25)13-21(24)28/h15-22,24,27-29H,4-14H2,1-3H3,(H,30,31)/t15-,16+,17-,18-,19+,20+,21-,22+,24+,25+,26-/m1/s1. The molecule has 0 unspecified atom stereocenters. The predicted molar refractivity (Wildman–Crippen MR) is 119 cm³/mol. The minimum absolute atomic E-state index is 0.117. The van der Waals surface area contributed by atoms with E-state index in [0.29, 0.717) is 29.6 Å². The Hall–Kier alpha value is -0.650. The number of hydrogen-bond acceptors (Lipinski definition) is 4. The van der Waals surface area contributed by atoms with Crippen LogP contribution in [0.25, 0.3) is 0 Å². The van der Waals surface area contributed by atoms with Crippen molar-refractivity contribution in [3.05, 3.63) is 0 Å². The van der Waals surface area contributed by atoms with Crippen LogP contribution >= 0.6 is 0 Å². The summed E-state index contributed by atoms with van der Waals surface area (Å²) in [6.07, 6.45) is 8.42. The first-order valence-corrected chi connectivity index (χ1v) is 12.8. The molecule has 4 rings (SSSR count). The number of carbonyl (C=O) groups is 1. The molecule has 4 aliphatic carbocycles. The van der Waals surface area contributed by atoms with Gasteiger partial charge in [-0.25, -0.2) is 0 Å². The average Bonchev–Trinajstić information content (AvgIpc) is 3.06. The summed E-state index contributed by atoms with van der Waals surface area (Å²) in [5.74, 6) is 1.48. The van der Waals surface area contributed by atoms with Crippen molar-refractivity contribution in [1.82, 2.24) is 0 Å². The van der Waals surface area contributed by atoms with E-state index < -0.39 is 5.97 Å². The lowest BCUT2D eigenvalue weighted by Crippen LogP contribution is -2.62. The predicted octanol–water partition coefficient (Wildman–Crippen LogP) is 4.23. The summed E-state index contributed by atoms with van der Waals surface area (Å²) in [7, 11) is 0. The maximum atomic E-state index is 11.6. The molecule has 0 bridgehead atoms. The highest BCUT2D eigenvalue weighted by atomic mass is 16.4. The van der Waals surface area contributed by atoms with E-state index >= 15 is 0 Å². The van der Waals surface area contributed by atoms with Gasteiger partial charge in [0.1, 0.15) is 0 Å². The second-order valence-electron chi connectivity index (χ2n) is 12.1. The molecule has 4 fully saturated rings. The van der Waals surface area contributed by atoms with Crippen LogP contribution in [0.3, 0.4) is 0 Å². The quantitative estimate of drug-likeness (QED) is 0.467. The Morgan fingerprint density at radius 1 is 1.00 bits per heavy atom. The Labute approximate surface area is 187 Å². The van der Waals surface area contributed by atoms with Crippen LogP contribution in [-0.2, 0) is 4.79 Å². The first-order valence-electron chi connectivity index (χ1n) is 12.8. The third-order valence-corrected chi connectivity index (χ3v) is 10.8. The van der Waals surface area contributed by atoms with Crippen molar-refractivity contribution in [2.24, 2.45) is 46.3 Å². The Balaban J connectivity index is 1.52. The van der Waals surface area contributed by atoms with Gasteiger partial charge in [0.2, 0.25) is 0 Å². The lowest BCUT2D eigenvalue weighted by molar-refractivity contribution is -0.207. The number of aliphatic hydroxyl groups excluding tert-OH is 3. The van der Waals surface area contributed by atoms with Gasteiger partial charge in [-0.3, -0.25) is 4.79 Å². The molecule has 11 atom stereocenters. The fourth-order valence-electron chi connectivity index (χ4n) is 9.08. The molecule has 31 heavy (non-hydrogen) atoms. The van der Waals surface area contributed by atoms with Gasteiger partial charge in [0.25, 0.3) is 0 Å². The molecule has 178 valence electrons. The zero-order valence-corrected chi connectivity index (χ0v) is 19.7. The normalized spacial score (nSPS) is 50.3. The van der Waals surface area contributed by atoms with Crippen LogP contribution in [0.2, 0.25) is 0 Å². The summed E-state index contributed by atoms with van der Waals surface area (Å²) in [4.78, 5) is 10.8. The summed E-state index contributed by atoms with van der Waals surface area (Å²) < 4.78 is 0. The van der Waals surface area contributed by atoms with Crippen LogP contribution in [0, 0.1) is 46.3 Å². The molecule has 4 N–H and O–H groups in total. The maximum Gasteiger partial charge on any atom is 0.303 e. The molecule has 0 aromatic carbocycles. The van der Waals surface area contributed by atoms with Crippen LogP contribution < -0.4 is 0 Å². The Bertz CT molecular complexity index is 666. The van der Waals surface area contributed by atoms with Crippen LogP contribution in [-0.4, -0.2) is 44.7 Å². The van der Waals surface area contributed by atoms with E-state index in [9.17, 15) is 20.1 Å². The van der Waals surface area contributed by atoms with Gasteiger partial charge in [0.15, 0.2) is 0 Å². The van der Waals surface area contributed by atoms with Crippen molar-refractivity contribution in [2.45, 2.75) is 110 Å². The summed E-state index contributed by atoms with van der Waals surface area (Å²) in [6, 6.07) is 0. The maximum absolute atomic E-state index is 11.6. The number of aliphatic carboxylic acids is 1. The van der Waals surface area contributed by atoms with E-state index in [1.165, 1.54) is 0 Å². The van der Waals surface area contributed by atoms with E-state index in [0.717, 1.165) is 64.2 Å². The van der Waals surface area contributed by atoms with E-state index in [4.69, 9.17) is 5.11 Å². The second-order valence-corrected chi connectivity index (χ2v) is 12.1. The van der Waals surface area contributed by atoms with Crippen LogP contribution in [0.5, 0.6) is 0 Å². The molecule has 0 heterocycles. The van der Waals surface area contributed by atoms with Crippen molar-refractivity contribution in [2.75, 3.05) is 0 Å². The molecule has 5 nitrogen and oxygen atoms in total. The molecular weight excluding hydrogens is 392 g/mol. The third-order valence-electron chi connectivity index (χ3n) is 10.8. The highest BCUT2D eigenvalue weighted by molar-refractivity contribution is 5.66. The summed E-state index contributed by atoms with van der Waals surface area (Å²) in [5, 5.41) is 42.0. The van der Waals surface area contributed by atoms with Crippen LogP contribution in [0.1, 0.15) is 91.4 Å². The number of hydrogen-bond donors (Lipinski definition) is 4. The number of carboxylic acids is 1. The Morgan fingerprint density at radius 3 is 2.45 bits per heavy atom. The molecule has 0 spiro atoms. The van der Waals surface area contributed by atoms with E-state index in [-0.39, 0.29) is 41.5 Å². The monoisotopic (exact) mass is 436 g/mol. The lowest BCUT2D eigenvalue weighted by atomic mass is 9.43. The minimum Gasteiger partial charge on any atom is -0.481 e. The molecule has 0 aromatic rings. The van der Waals surface area contributed by atoms with Crippen molar-refractivity contribution < 1.29 is 25.2 Å². The first-order chi connectivity index (χ1) is 14.6. The Morgan fingerprint density at radius 2 is 1.74 bits per heavy atom. The number of aliphatic hydroxyl groups is 3. The van der Waals surface area contributed by atoms with Gasteiger partial charge >= 0.3 is 5.97 Å². The molecule has 5 heteroatoms. The van der Waals surface area contributed by atoms with Gasteiger partial charge in [0.05, 0.1) is 18.3 Å². The molecule has 4 aliphatic rings. The number of unbranched alkanes of at least 4 members (excludes halogenated alkanes) is 1. The highest BCUT2D eigenvalue weighted by Gasteiger charge is 2.65. The van der Waals surface area contributed by atoms with E-state index in [1.54, 1.807) is 0 Å². The van der Waals surface area contributed by atoms with E-state index in [2.05, 4.69) is 20.8 Å². The minimum atomic E-state index is -0.720. The zero-order valence-electron chi connectivity index (χ0n) is 19.7. The van der Waals surface area contributed by atoms with Gasteiger partial charge in [-0.05, 0) is 97.7 Å². The van der Waals surface area contributed by atoms with Crippen LogP contribution in [0.4, 0.5) is 0 Å². The van der Waals surface area contributed by atoms with Crippen molar-refractivity contribution >= 4 is 5.97 Å². The van der Waals surface area contributed by atoms with Gasteiger partial charge in [-0.2, -0.15) is 0 Å². The molecule has 0 aromatic heterocycles. The molecular formula is C26H44O5. The summed E-state index contributed by atoms with van der Waals surface area (Å²) in [6.45, 7) is 6.95. The summed E-state index contributed by atoms with van der Waals surface area (Å²) >= 11 is 0. The zero-order chi connectivity index (χ0) is 22.6. The highest BCUT2D eigenvalue weighted by Crippen LogP contribution is 2.68. The van der Waals surface area contributed by atoms with Gasteiger partial charge < -0.3 is 20.4 Å². The number of fused-ring (bicyclic) bond motifs is 5. The lowest BCUT2D eigenvalue weighted by Gasteiger charge is -2.63. The van der Waals surface area contributed by atoms with Gasteiger partial charge in [-0.1, -0.05) is 33.6 Å².